The molecule has 3 rings (SSSR count). The highest BCUT2D eigenvalue weighted by atomic mass is 32.2. The third kappa shape index (κ3) is 5.45. The highest BCUT2D eigenvalue weighted by molar-refractivity contribution is 7.98. The standard InChI is InChI=1S/C24H27FN2O5S2/c1-16(2)10-11-18-14-27(17-8-6-5-7-9-17)20-12-22(33-4)21(32-15-19(25)24(28)29)13-23(20)34(30,31)26(18)3/h5-10,12-13,15,18H,11,14H2,1-4H3,(H,28,29)/b19-15-. The summed E-state index contributed by atoms with van der Waals surface area (Å²) in [6, 6.07) is 12.1. The Labute approximate surface area is 203 Å². The molecule has 0 fully saturated rings. The van der Waals surface area contributed by atoms with Crippen molar-refractivity contribution in [3.8, 4) is 5.75 Å². The Morgan fingerprint density at radius 3 is 2.53 bits per heavy atom. The predicted molar refractivity (Wildman–Crippen MR) is 132 cm³/mol. The van der Waals surface area contributed by atoms with Crippen LogP contribution in [0.2, 0.25) is 0 Å². The first-order valence-electron chi connectivity index (χ1n) is 10.5. The third-order valence-electron chi connectivity index (χ3n) is 5.46. The van der Waals surface area contributed by atoms with Crippen LogP contribution in [0.1, 0.15) is 20.3 Å². The first-order chi connectivity index (χ1) is 16.1. The second-order valence-electron chi connectivity index (χ2n) is 8.00. The molecule has 34 heavy (non-hydrogen) atoms. The lowest BCUT2D eigenvalue weighted by Gasteiger charge is -2.29. The van der Waals surface area contributed by atoms with Crippen LogP contribution >= 0.6 is 11.8 Å². The number of aliphatic carboxylic acids is 1. The van der Waals surface area contributed by atoms with Crippen LogP contribution in [0.3, 0.4) is 0 Å². The van der Waals surface area contributed by atoms with Crippen LogP contribution in [0.25, 0.3) is 0 Å². The molecule has 0 aliphatic carbocycles. The van der Waals surface area contributed by atoms with Crippen molar-refractivity contribution in [1.82, 2.24) is 4.31 Å². The van der Waals surface area contributed by atoms with Crippen molar-refractivity contribution in [1.29, 1.82) is 0 Å². The average Bonchev–Trinajstić information content (AvgIpc) is 2.89. The zero-order valence-electron chi connectivity index (χ0n) is 19.4. The SMILES string of the molecule is CSc1cc2c(cc1O/C=C(\F)C(=O)O)S(=O)(=O)N(C)C(CC=C(C)C)CN2c1ccccc1. The summed E-state index contributed by atoms with van der Waals surface area (Å²) >= 11 is 1.28. The number of thioether (sulfide) groups is 1. The first kappa shape index (κ1) is 25.8. The van der Waals surface area contributed by atoms with Crippen LogP contribution in [-0.4, -0.2) is 49.7 Å². The number of anilines is 2. The number of hydrogen-bond donors (Lipinski definition) is 1. The maximum atomic E-state index is 13.7. The number of para-hydroxylation sites is 1. The molecule has 0 bridgehead atoms. The van der Waals surface area contributed by atoms with Gasteiger partial charge in [0.1, 0.15) is 16.9 Å². The molecular formula is C24H27FN2O5S2. The molecule has 0 aromatic heterocycles. The van der Waals surface area contributed by atoms with Crippen molar-refractivity contribution < 1.29 is 27.4 Å². The number of carbonyl (C=O) groups is 1. The highest BCUT2D eigenvalue weighted by Gasteiger charge is 2.37. The molecule has 0 spiro atoms. The summed E-state index contributed by atoms with van der Waals surface area (Å²) in [5.74, 6) is -3.21. The van der Waals surface area contributed by atoms with E-state index in [1.165, 1.54) is 22.1 Å². The Kier molecular flexibility index (Phi) is 8.06. The summed E-state index contributed by atoms with van der Waals surface area (Å²) in [5.41, 5.74) is 2.39. The Bertz CT molecular complexity index is 1230. The summed E-state index contributed by atoms with van der Waals surface area (Å²) < 4.78 is 47.5. The van der Waals surface area contributed by atoms with Gasteiger partial charge in [-0.25, -0.2) is 13.2 Å². The smallest absolute Gasteiger partial charge is 0.368 e. The van der Waals surface area contributed by atoms with Crippen molar-refractivity contribution >= 4 is 39.1 Å². The normalized spacial score (nSPS) is 18.1. The minimum absolute atomic E-state index is 0.00418. The Balaban J connectivity index is 2.23. The summed E-state index contributed by atoms with van der Waals surface area (Å²) in [6.45, 7) is 4.35. The molecule has 1 aliphatic rings. The fraction of sp³-hybridized carbons (Fsp3) is 0.292. The molecule has 0 amide bonds. The third-order valence-corrected chi connectivity index (χ3v) is 8.16. The topological polar surface area (TPSA) is 87.1 Å². The van der Waals surface area contributed by atoms with Crippen LogP contribution in [0.4, 0.5) is 15.8 Å². The molecule has 10 heteroatoms. The number of rotatable bonds is 7. The van der Waals surface area contributed by atoms with Crippen molar-refractivity contribution in [2.75, 3.05) is 24.7 Å². The number of ether oxygens (including phenoxy) is 1. The molecular weight excluding hydrogens is 479 g/mol. The predicted octanol–water partition coefficient (Wildman–Crippen LogP) is 5.18. The highest BCUT2D eigenvalue weighted by Crippen LogP contribution is 2.43. The Morgan fingerprint density at radius 2 is 1.94 bits per heavy atom. The quantitative estimate of drug-likeness (QED) is 0.240. The van der Waals surface area contributed by atoms with Gasteiger partial charge in [-0.1, -0.05) is 29.8 Å². The number of carboxylic acid groups (broad SMARTS) is 1. The molecule has 1 N–H and O–H groups in total. The molecule has 1 unspecified atom stereocenters. The van der Waals surface area contributed by atoms with Crippen LogP contribution in [0, 0.1) is 0 Å². The molecule has 1 heterocycles. The van der Waals surface area contributed by atoms with Crippen molar-refractivity contribution in [2.24, 2.45) is 0 Å². The number of fused-ring (bicyclic) bond motifs is 1. The number of allylic oxidation sites excluding steroid dienone is 1. The lowest BCUT2D eigenvalue weighted by Crippen LogP contribution is -2.40. The van der Waals surface area contributed by atoms with Crippen LogP contribution in [-0.2, 0) is 14.8 Å². The van der Waals surface area contributed by atoms with E-state index in [0.29, 0.717) is 29.8 Å². The Morgan fingerprint density at radius 1 is 1.26 bits per heavy atom. The lowest BCUT2D eigenvalue weighted by molar-refractivity contribution is -0.134. The largest absolute Gasteiger partial charge is 0.476 e. The van der Waals surface area contributed by atoms with Gasteiger partial charge in [-0.05, 0) is 44.7 Å². The zero-order valence-corrected chi connectivity index (χ0v) is 21.0. The number of sulfonamides is 1. The van der Waals surface area contributed by atoms with Crippen molar-refractivity contribution in [2.45, 2.75) is 36.1 Å². The van der Waals surface area contributed by atoms with E-state index in [-0.39, 0.29) is 16.7 Å². The summed E-state index contributed by atoms with van der Waals surface area (Å²) in [7, 11) is -2.41. The lowest BCUT2D eigenvalue weighted by atomic mass is 10.1. The molecule has 182 valence electrons. The molecule has 0 saturated carbocycles. The van der Waals surface area contributed by atoms with E-state index in [4.69, 9.17) is 9.84 Å². The fourth-order valence-corrected chi connectivity index (χ4v) is 5.67. The molecule has 2 aromatic rings. The molecule has 7 nitrogen and oxygen atoms in total. The number of nitrogens with zero attached hydrogens (tertiary/aromatic N) is 2. The van der Waals surface area contributed by atoms with Gasteiger partial charge in [0.2, 0.25) is 15.9 Å². The van der Waals surface area contributed by atoms with E-state index in [2.05, 4.69) is 0 Å². The van der Waals surface area contributed by atoms with Gasteiger partial charge in [0.05, 0.1) is 10.6 Å². The molecule has 0 saturated heterocycles. The second kappa shape index (κ2) is 10.6. The van der Waals surface area contributed by atoms with E-state index in [1.54, 1.807) is 19.4 Å². The number of halogens is 1. The number of hydrogen-bond acceptors (Lipinski definition) is 6. The van der Waals surface area contributed by atoms with Gasteiger partial charge in [-0.15, -0.1) is 11.8 Å². The van der Waals surface area contributed by atoms with Gasteiger partial charge in [0.25, 0.3) is 0 Å². The maximum Gasteiger partial charge on any atom is 0.368 e. The van der Waals surface area contributed by atoms with Gasteiger partial charge < -0.3 is 14.7 Å². The van der Waals surface area contributed by atoms with E-state index < -0.39 is 21.8 Å². The van der Waals surface area contributed by atoms with Crippen molar-refractivity contribution in [3.05, 3.63) is 66.2 Å². The molecule has 1 aliphatic heterocycles. The average molecular weight is 507 g/mol. The fourth-order valence-electron chi connectivity index (χ4n) is 3.59. The molecule has 2 aromatic carbocycles. The van der Waals surface area contributed by atoms with E-state index in [0.717, 1.165) is 11.3 Å². The van der Waals surface area contributed by atoms with Crippen LogP contribution in [0.15, 0.2) is 76.0 Å². The number of carboxylic acids is 1. The van der Waals surface area contributed by atoms with Gasteiger partial charge in [0, 0.05) is 31.4 Å². The Hall–Kier alpha value is -2.82. The summed E-state index contributed by atoms with van der Waals surface area (Å²) in [4.78, 5) is 13.3. The zero-order chi connectivity index (χ0) is 25.0. The van der Waals surface area contributed by atoms with Gasteiger partial charge >= 0.3 is 5.97 Å². The monoisotopic (exact) mass is 506 g/mol. The second-order valence-corrected chi connectivity index (χ2v) is 10.8. The van der Waals surface area contributed by atoms with Crippen LogP contribution < -0.4 is 9.64 Å². The van der Waals surface area contributed by atoms with Gasteiger partial charge in [0.15, 0.2) is 0 Å². The van der Waals surface area contributed by atoms with Gasteiger partial charge in [-0.3, -0.25) is 0 Å². The molecule has 1 atom stereocenters. The minimum Gasteiger partial charge on any atom is -0.476 e. The number of likely N-dealkylation sites (N-methyl/N-ethyl adjacent to an activating group) is 1. The minimum atomic E-state index is -3.96. The number of benzene rings is 2. The van der Waals surface area contributed by atoms with E-state index in [9.17, 15) is 17.6 Å². The van der Waals surface area contributed by atoms with E-state index in [1.807, 2.05) is 55.2 Å². The van der Waals surface area contributed by atoms with Crippen LogP contribution in [0.5, 0.6) is 5.75 Å². The first-order valence-corrected chi connectivity index (χ1v) is 13.1. The summed E-state index contributed by atoms with van der Waals surface area (Å²) in [5, 5.41) is 8.77. The van der Waals surface area contributed by atoms with E-state index >= 15 is 0 Å². The summed E-state index contributed by atoms with van der Waals surface area (Å²) in [6.07, 6.45) is 4.77. The van der Waals surface area contributed by atoms with Crippen molar-refractivity contribution in [3.63, 3.8) is 0 Å². The maximum absolute atomic E-state index is 13.7. The molecule has 0 radical (unpaired) electrons. The van der Waals surface area contributed by atoms with Gasteiger partial charge in [-0.2, -0.15) is 8.70 Å².